The monoisotopic (exact) mass is 365 g/mol. The normalized spacial score (nSPS) is 15.6. The molecular weight excluding hydrogens is 342 g/mol. The van der Waals surface area contributed by atoms with Gasteiger partial charge in [0.15, 0.2) is 0 Å². The average molecular weight is 365 g/mol. The molecule has 9 nitrogen and oxygen atoms in total. The van der Waals surface area contributed by atoms with Crippen molar-refractivity contribution in [3.8, 4) is 0 Å². The molecule has 142 valence electrons. The van der Waals surface area contributed by atoms with Crippen LogP contribution in [0.4, 0.5) is 11.4 Å². The summed E-state index contributed by atoms with van der Waals surface area (Å²) in [4.78, 5) is 36.8. The van der Waals surface area contributed by atoms with E-state index < -0.39 is 22.8 Å². The van der Waals surface area contributed by atoms with Crippen molar-refractivity contribution in [3.63, 3.8) is 0 Å². The summed E-state index contributed by atoms with van der Waals surface area (Å²) in [5.74, 6) is -1.70. The summed E-state index contributed by atoms with van der Waals surface area (Å²) in [5, 5.41) is 23.3. The van der Waals surface area contributed by atoms with Crippen LogP contribution < -0.4 is 10.2 Å². The van der Waals surface area contributed by atoms with Gasteiger partial charge in [-0.15, -0.1) is 0 Å². The van der Waals surface area contributed by atoms with Crippen LogP contribution in [0.2, 0.25) is 0 Å². The third-order valence-corrected chi connectivity index (χ3v) is 4.09. The minimum Gasteiger partial charge on any atom is -0.480 e. The van der Waals surface area contributed by atoms with E-state index in [1.807, 2.05) is 13.8 Å². The highest BCUT2D eigenvalue weighted by molar-refractivity contribution is 6.03. The first-order chi connectivity index (χ1) is 12.3. The number of rotatable bonds is 7. The number of hydrogen-bond acceptors (Lipinski definition) is 6. The number of anilines is 1. The number of ether oxygens (including phenoxy) is 1. The van der Waals surface area contributed by atoms with E-state index >= 15 is 0 Å². The molecule has 1 saturated heterocycles. The van der Waals surface area contributed by atoms with Crippen LogP contribution in [0.1, 0.15) is 30.6 Å². The van der Waals surface area contributed by atoms with Gasteiger partial charge in [-0.1, -0.05) is 19.9 Å². The number of carbonyl (C=O) groups excluding carboxylic acids is 1. The Morgan fingerprint density at radius 1 is 1.35 bits per heavy atom. The molecule has 1 aliphatic heterocycles. The topological polar surface area (TPSA) is 122 Å². The van der Waals surface area contributed by atoms with Gasteiger partial charge in [-0.2, -0.15) is 0 Å². The number of carboxylic acids is 1. The van der Waals surface area contributed by atoms with Crippen LogP contribution in [0.15, 0.2) is 18.2 Å². The van der Waals surface area contributed by atoms with Crippen molar-refractivity contribution in [2.45, 2.75) is 26.3 Å². The van der Waals surface area contributed by atoms with Crippen LogP contribution in [0.25, 0.3) is 0 Å². The maximum Gasteiger partial charge on any atom is 0.326 e. The van der Waals surface area contributed by atoms with Gasteiger partial charge in [0.25, 0.3) is 11.6 Å². The summed E-state index contributed by atoms with van der Waals surface area (Å²) in [6, 6.07) is 3.18. The summed E-state index contributed by atoms with van der Waals surface area (Å²) < 4.78 is 5.27. The molecule has 1 heterocycles. The molecule has 2 rings (SSSR count). The fourth-order valence-corrected chi connectivity index (χ4v) is 2.91. The highest BCUT2D eigenvalue weighted by Crippen LogP contribution is 2.32. The number of para-hydroxylation sites is 1. The Hall–Kier alpha value is -2.68. The van der Waals surface area contributed by atoms with Crippen molar-refractivity contribution in [2.24, 2.45) is 5.92 Å². The predicted octanol–water partition coefficient (Wildman–Crippen LogP) is 1.66. The lowest BCUT2D eigenvalue weighted by molar-refractivity contribution is -0.384. The first kappa shape index (κ1) is 19.6. The first-order valence-electron chi connectivity index (χ1n) is 8.45. The molecule has 0 spiro atoms. The lowest BCUT2D eigenvalue weighted by Gasteiger charge is -2.30. The van der Waals surface area contributed by atoms with Crippen LogP contribution in [0.5, 0.6) is 0 Å². The second kappa shape index (κ2) is 8.61. The molecule has 0 unspecified atom stereocenters. The van der Waals surface area contributed by atoms with Crippen molar-refractivity contribution >= 4 is 23.3 Å². The zero-order chi connectivity index (χ0) is 19.3. The van der Waals surface area contributed by atoms with Crippen molar-refractivity contribution in [1.82, 2.24) is 5.32 Å². The zero-order valence-corrected chi connectivity index (χ0v) is 14.8. The molecule has 0 bridgehead atoms. The summed E-state index contributed by atoms with van der Waals surface area (Å²) >= 11 is 0. The number of aliphatic carboxylic acids is 1. The number of nitro groups is 1. The minimum absolute atomic E-state index is 0.0697. The number of nitro benzene ring substituents is 1. The van der Waals surface area contributed by atoms with E-state index in [1.54, 1.807) is 4.90 Å². The van der Waals surface area contributed by atoms with Gasteiger partial charge in [0, 0.05) is 19.2 Å². The van der Waals surface area contributed by atoms with E-state index in [0.717, 1.165) is 0 Å². The molecule has 1 atom stereocenters. The summed E-state index contributed by atoms with van der Waals surface area (Å²) in [6.07, 6.45) is 0.267. The van der Waals surface area contributed by atoms with Crippen molar-refractivity contribution in [2.75, 3.05) is 31.2 Å². The molecular formula is C17H23N3O6. The maximum atomic E-state index is 12.7. The molecule has 9 heteroatoms. The van der Waals surface area contributed by atoms with Crippen LogP contribution >= 0.6 is 0 Å². The van der Waals surface area contributed by atoms with Crippen molar-refractivity contribution < 1.29 is 24.4 Å². The number of amides is 1. The van der Waals surface area contributed by atoms with Gasteiger partial charge in [0.05, 0.1) is 23.7 Å². The van der Waals surface area contributed by atoms with Crippen LogP contribution in [0, 0.1) is 16.0 Å². The second-order valence-electron chi connectivity index (χ2n) is 6.52. The van der Waals surface area contributed by atoms with Crippen LogP contribution in [-0.2, 0) is 9.53 Å². The number of nitrogens with one attached hydrogen (secondary N) is 1. The fraction of sp³-hybridized carbons (Fsp3) is 0.529. The molecule has 1 aromatic carbocycles. The Morgan fingerprint density at radius 3 is 2.54 bits per heavy atom. The van der Waals surface area contributed by atoms with Crippen molar-refractivity contribution in [1.29, 1.82) is 0 Å². The Balaban J connectivity index is 2.37. The Bertz CT molecular complexity index is 685. The quantitative estimate of drug-likeness (QED) is 0.556. The van der Waals surface area contributed by atoms with E-state index in [1.165, 1.54) is 18.2 Å². The van der Waals surface area contributed by atoms with Crippen LogP contribution in [0.3, 0.4) is 0 Å². The lowest BCUT2D eigenvalue weighted by Crippen LogP contribution is -2.43. The highest BCUT2D eigenvalue weighted by Gasteiger charge is 2.29. The highest BCUT2D eigenvalue weighted by atomic mass is 16.6. The number of benzene rings is 1. The van der Waals surface area contributed by atoms with Gasteiger partial charge >= 0.3 is 5.97 Å². The van der Waals surface area contributed by atoms with Gasteiger partial charge in [-0.3, -0.25) is 14.9 Å². The summed E-state index contributed by atoms with van der Waals surface area (Å²) in [5.41, 5.74) is 0.110. The molecule has 1 aliphatic rings. The molecule has 0 aliphatic carbocycles. The Morgan fingerprint density at radius 2 is 2.00 bits per heavy atom. The zero-order valence-electron chi connectivity index (χ0n) is 14.8. The molecule has 26 heavy (non-hydrogen) atoms. The molecule has 0 saturated carbocycles. The van der Waals surface area contributed by atoms with Gasteiger partial charge in [0.1, 0.15) is 11.7 Å². The number of hydrogen-bond donors (Lipinski definition) is 2. The van der Waals surface area contributed by atoms with Gasteiger partial charge in [-0.25, -0.2) is 4.79 Å². The number of nitrogens with zero attached hydrogens (tertiary/aromatic N) is 2. The third kappa shape index (κ3) is 4.69. The van der Waals surface area contributed by atoms with Gasteiger partial charge < -0.3 is 20.1 Å². The minimum atomic E-state index is -1.13. The molecule has 1 fully saturated rings. The predicted molar refractivity (Wildman–Crippen MR) is 94.5 cm³/mol. The average Bonchev–Trinajstić information content (AvgIpc) is 2.60. The van der Waals surface area contributed by atoms with Crippen LogP contribution in [-0.4, -0.2) is 54.3 Å². The summed E-state index contributed by atoms with van der Waals surface area (Å²) in [7, 11) is 0. The van der Waals surface area contributed by atoms with E-state index in [4.69, 9.17) is 4.74 Å². The number of carboxylic acid groups (broad SMARTS) is 1. The molecule has 0 aromatic heterocycles. The number of carbonyl (C=O) groups is 2. The van der Waals surface area contributed by atoms with Gasteiger partial charge in [0.2, 0.25) is 0 Å². The van der Waals surface area contributed by atoms with Gasteiger partial charge in [-0.05, 0) is 18.4 Å². The van der Waals surface area contributed by atoms with Crippen molar-refractivity contribution in [3.05, 3.63) is 33.9 Å². The Kier molecular flexibility index (Phi) is 6.51. The molecule has 1 amide bonds. The SMILES string of the molecule is CC(C)C[C@@H](NC(=O)c1cccc([N+](=O)[O-])c1N1CCOCC1)C(=O)O. The molecule has 1 aromatic rings. The standard InChI is InChI=1S/C17H23N3O6/c1-11(2)10-13(17(22)23)18-16(21)12-4-3-5-14(20(24)25)15(12)19-6-8-26-9-7-19/h3-5,11,13H,6-10H2,1-2H3,(H,18,21)(H,22,23)/t13-/m1/s1. The fourth-order valence-electron chi connectivity index (χ4n) is 2.91. The number of morpholine rings is 1. The van der Waals surface area contributed by atoms with E-state index in [0.29, 0.717) is 26.3 Å². The molecule has 2 N–H and O–H groups in total. The molecule has 0 radical (unpaired) electrons. The largest absolute Gasteiger partial charge is 0.480 e. The maximum absolute atomic E-state index is 12.7. The lowest BCUT2D eigenvalue weighted by atomic mass is 10.0. The summed E-state index contributed by atoms with van der Waals surface area (Å²) in [6.45, 7) is 5.35. The first-order valence-corrected chi connectivity index (χ1v) is 8.45. The van der Waals surface area contributed by atoms with E-state index in [-0.39, 0.29) is 29.3 Å². The third-order valence-electron chi connectivity index (χ3n) is 4.09. The van der Waals surface area contributed by atoms with E-state index in [2.05, 4.69) is 5.32 Å². The Labute approximate surface area is 151 Å². The van der Waals surface area contributed by atoms with E-state index in [9.17, 15) is 24.8 Å². The smallest absolute Gasteiger partial charge is 0.326 e. The second-order valence-corrected chi connectivity index (χ2v) is 6.52.